The molecule has 0 aliphatic carbocycles. The highest BCUT2D eigenvalue weighted by molar-refractivity contribution is 5.70. The van der Waals surface area contributed by atoms with Crippen LogP contribution < -0.4 is 5.73 Å². The number of nitrogens with two attached hydrogens (primary N) is 1. The van der Waals surface area contributed by atoms with Crippen LogP contribution in [0.15, 0.2) is 30.6 Å². The molecule has 96 valence electrons. The van der Waals surface area contributed by atoms with Crippen LogP contribution in [0.3, 0.4) is 0 Å². The number of benzene rings is 1. The van der Waals surface area contributed by atoms with Crippen LogP contribution in [-0.4, -0.2) is 9.55 Å². The second kappa shape index (κ2) is 4.36. The number of hydrogen-bond acceptors (Lipinski definition) is 2. The number of nitrogen functional groups attached to an aromatic ring is 1. The molecule has 0 fully saturated rings. The van der Waals surface area contributed by atoms with Gasteiger partial charge >= 0.3 is 6.18 Å². The zero-order chi connectivity index (χ0) is 13.3. The molecular formula is C12H12F3N3. The van der Waals surface area contributed by atoms with Crippen LogP contribution in [0.2, 0.25) is 0 Å². The lowest BCUT2D eigenvalue weighted by atomic mass is 10.1. The van der Waals surface area contributed by atoms with Gasteiger partial charge in [-0.1, -0.05) is 12.1 Å². The van der Waals surface area contributed by atoms with E-state index in [1.807, 2.05) is 6.92 Å². The summed E-state index contributed by atoms with van der Waals surface area (Å²) in [5.74, 6) is 0.372. The zero-order valence-corrected chi connectivity index (χ0v) is 9.70. The summed E-state index contributed by atoms with van der Waals surface area (Å²) in [6.45, 7) is 2.51. The lowest BCUT2D eigenvalue weighted by Gasteiger charge is -2.08. The molecule has 0 aliphatic heterocycles. The van der Waals surface area contributed by atoms with Crippen molar-refractivity contribution in [3.05, 3.63) is 36.2 Å². The van der Waals surface area contributed by atoms with Crippen LogP contribution in [0.1, 0.15) is 12.5 Å². The lowest BCUT2D eigenvalue weighted by molar-refractivity contribution is -0.137. The van der Waals surface area contributed by atoms with Gasteiger partial charge in [-0.05, 0) is 19.1 Å². The van der Waals surface area contributed by atoms with E-state index >= 15 is 0 Å². The first-order chi connectivity index (χ1) is 8.43. The summed E-state index contributed by atoms with van der Waals surface area (Å²) in [7, 11) is 0. The maximum absolute atomic E-state index is 12.6. The Labute approximate surface area is 102 Å². The molecule has 0 spiro atoms. The van der Waals surface area contributed by atoms with Crippen molar-refractivity contribution in [1.82, 2.24) is 9.55 Å². The number of anilines is 1. The van der Waals surface area contributed by atoms with Crippen LogP contribution in [0, 0.1) is 0 Å². The topological polar surface area (TPSA) is 43.8 Å². The Hall–Kier alpha value is -1.98. The number of imidazole rings is 1. The molecule has 1 aromatic carbocycles. The molecule has 0 saturated heterocycles. The fourth-order valence-corrected chi connectivity index (χ4v) is 1.71. The molecule has 6 heteroatoms. The lowest BCUT2D eigenvalue weighted by Crippen LogP contribution is -2.05. The zero-order valence-electron chi connectivity index (χ0n) is 9.70. The largest absolute Gasteiger partial charge is 0.416 e. The van der Waals surface area contributed by atoms with E-state index in [1.165, 1.54) is 12.4 Å². The minimum Gasteiger partial charge on any atom is -0.383 e. The summed E-state index contributed by atoms with van der Waals surface area (Å²) in [4.78, 5) is 4.05. The number of rotatable bonds is 2. The summed E-state index contributed by atoms with van der Waals surface area (Å²) in [5, 5.41) is 0. The van der Waals surface area contributed by atoms with Gasteiger partial charge < -0.3 is 10.3 Å². The van der Waals surface area contributed by atoms with Crippen molar-refractivity contribution in [2.75, 3.05) is 5.73 Å². The van der Waals surface area contributed by atoms with Gasteiger partial charge in [-0.3, -0.25) is 0 Å². The third-order valence-electron chi connectivity index (χ3n) is 2.68. The van der Waals surface area contributed by atoms with Crippen molar-refractivity contribution in [1.29, 1.82) is 0 Å². The fourth-order valence-electron chi connectivity index (χ4n) is 1.71. The molecule has 2 rings (SSSR count). The Kier molecular flexibility index (Phi) is 3.02. The van der Waals surface area contributed by atoms with Gasteiger partial charge in [0.25, 0.3) is 0 Å². The Balaban J connectivity index is 2.48. The number of alkyl halides is 3. The maximum atomic E-state index is 12.6. The van der Waals surface area contributed by atoms with Crippen LogP contribution in [0.25, 0.3) is 11.3 Å². The summed E-state index contributed by atoms with van der Waals surface area (Å²) in [6.07, 6.45) is -2.84. The maximum Gasteiger partial charge on any atom is 0.416 e. The molecule has 2 N–H and O–H groups in total. The van der Waals surface area contributed by atoms with Crippen molar-refractivity contribution < 1.29 is 13.2 Å². The molecule has 1 aromatic heterocycles. The minimum atomic E-state index is -4.36. The van der Waals surface area contributed by atoms with Gasteiger partial charge in [0.2, 0.25) is 0 Å². The second-order valence-corrected chi connectivity index (χ2v) is 3.84. The Morgan fingerprint density at radius 1 is 1.33 bits per heavy atom. The summed E-state index contributed by atoms with van der Waals surface area (Å²) in [5.41, 5.74) is 5.87. The van der Waals surface area contributed by atoms with Gasteiger partial charge in [0, 0.05) is 12.1 Å². The average Bonchev–Trinajstić information content (AvgIpc) is 2.69. The Morgan fingerprint density at radius 2 is 2.06 bits per heavy atom. The van der Waals surface area contributed by atoms with E-state index in [-0.39, 0.29) is 0 Å². The van der Waals surface area contributed by atoms with Gasteiger partial charge in [-0.15, -0.1) is 0 Å². The average molecular weight is 255 g/mol. The molecule has 0 atom stereocenters. The van der Waals surface area contributed by atoms with Crippen LogP contribution in [0.5, 0.6) is 0 Å². The summed E-state index contributed by atoms with van der Waals surface area (Å²) in [6, 6.07) is 4.99. The molecule has 0 bridgehead atoms. The highest BCUT2D eigenvalue weighted by atomic mass is 19.4. The predicted molar refractivity (Wildman–Crippen MR) is 62.8 cm³/mol. The second-order valence-electron chi connectivity index (χ2n) is 3.84. The van der Waals surface area contributed by atoms with E-state index in [1.54, 1.807) is 10.6 Å². The SMILES string of the molecule is CCn1cnc(-c2cccc(C(F)(F)F)c2)c1N. The summed E-state index contributed by atoms with van der Waals surface area (Å²) < 4.78 is 39.5. The van der Waals surface area contributed by atoms with Crippen molar-refractivity contribution in [2.24, 2.45) is 0 Å². The molecule has 0 radical (unpaired) electrons. The molecule has 2 aromatic rings. The predicted octanol–water partition coefficient (Wildman–Crippen LogP) is 3.17. The quantitative estimate of drug-likeness (QED) is 0.895. The highest BCUT2D eigenvalue weighted by Gasteiger charge is 2.30. The minimum absolute atomic E-state index is 0.370. The molecule has 0 unspecified atom stereocenters. The number of hydrogen-bond donors (Lipinski definition) is 1. The Bertz CT molecular complexity index is 558. The summed E-state index contributed by atoms with van der Waals surface area (Å²) >= 11 is 0. The number of halogens is 3. The fraction of sp³-hybridized carbons (Fsp3) is 0.250. The van der Waals surface area contributed by atoms with Gasteiger partial charge in [-0.25, -0.2) is 4.98 Å². The van der Waals surface area contributed by atoms with E-state index < -0.39 is 11.7 Å². The third kappa shape index (κ3) is 2.18. The van der Waals surface area contributed by atoms with Crippen LogP contribution >= 0.6 is 0 Å². The molecule has 3 nitrogen and oxygen atoms in total. The number of aryl methyl sites for hydroxylation is 1. The number of aromatic nitrogens is 2. The van der Waals surface area contributed by atoms with E-state index in [2.05, 4.69) is 4.98 Å². The van der Waals surface area contributed by atoms with E-state index in [0.29, 0.717) is 23.6 Å². The standard InChI is InChI=1S/C12H12F3N3/c1-2-18-7-17-10(11(18)16)8-4-3-5-9(6-8)12(13,14)15/h3-7H,2,16H2,1H3. The van der Waals surface area contributed by atoms with Crippen LogP contribution in [0.4, 0.5) is 19.0 Å². The molecule has 18 heavy (non-hydrogen) atoms. The monoisotopic (exact) mass is 255 g/mol. The first kappa shape index (κ1) is 12.5. The van der Waals surface area contributed by atoms with Gasteiger partial charge in [-0.2, -0.15) is 13.2 Å². The molecule has 0 amide bonds. The first-order valence-electron chi connectivity index (χ1n) is 5.41. The van der Waals surface area contributed by atoms with Crippen molar-refractivity contribution in [3.63, 3.8) is 0 Å². The van der Waals surface area contributed by atoms with Crippen molar-refractivity contribution in [3.8, 4) is 11.3 Å². The normalized spacial score (nSPS) is 11.8. The van der Waals surface area contributed by atoms with Crippen molar-refractivity contribution in [2.45, 2.75) is 19.6 Å². The van der Waals surface area contributed by atoms with E-state index in [0.717, 1.165) is 12.1 Å². The smallest absolute Gasteiger partial charge is 0.383 e. The van der Waals surface area contributed by atoms with Crippen molar-refractivity contribution >= 4 is 5.82 Å². The van der Waals surface area contributed by atoms with Crippen LogP contribution in [-0.2, 0) is 12.7 Å². The van der Waals surface area contributed by atoms with Gasteiger partial charge in [0.1, 0.15) is 11.5 Å². The molecule has 0 saturated carbocycles. The van der Waals surface area contributed by atoms with E-state index in [4.69, 9.17) is 5.73 Å². The Morgan fingerprint density at radius 3 is 2.61 bits per heavy atom. The third-order valence-corrected chi connectivity index (χ3v) is 2.68. The van der Waals surface area contributed by atoms with E-state index in [9.17, 15) is 13.2 Å². The molecule has 0 aliphatic rings. The first-order valence-corrected chi connectivity index (χ1v) is 5.41. The molecule has 1 heterocycles. The van der Waals surface area contributed by atoms with Gasteiger partial charge in [0.15, 0.2) is 0 Å². The number of nitrogens with zero attached hydrogens (tertiary/aromatic N) is 2. The highest BCUT2D eigenvalue weighted by Crippen LogP contribution is 2.33. The molecular weight excluding hydrogens is 243 g/mol. The van der Waals surface area contributed by atoms with Gasteiger partial charge in [0.05, 0.1) is 11.9 Å².